The molecule has 4 nitrogen and oxygen atoms in total. The summed E-state index contributed by atoms with van der Waals surface area (Å²) < 4.78 is 12.0. The fourth-order valence-corrected chi connectivity index (χ4v) is 3.90. The summed E-state index contributed by atoms with van der Waals surface area (Å²) in [5.41, 5.74) is 1.99. The lowest BCUT2D eigenvalue weighted by atomic mass is 10.0. The average molecular weight is 363 g/mol. The van der Waals surface area contributed by atoms with Crippen LogP contribution >= 0.6 is 0 Å². The van der Waals surface area contributed by atoms with E-state index >= 15 is 0 Å². The Morgan fingerprint density at radius 1 is 1.15 bits per heavy atom. The summed E-state index contributed by atoms with van der Waals surface area (Å²) in [6.07, 6.45) is 3.86. The largest absolute Gasteiger partial charge is 0.490 e. The van der Waals surface area contributed by atoms with Gasteiger partial charge >= 0.3 is 0 Å². The summed E-state index contributed by atoms with van der Waals surface area (Å²) in [7, 11) is 2.16. The second kappa shape index (κ2) is 7.57. The molecule has 0 saturated carbocycles. The van der Waals surface area contributed by atoms with E-state index in [-0.39, 0.29) is 11.5 Å². The molecule has 1 aliphatic heterocycles. The molecule has 0 radical (unpaired) electrons. The molecule has 2 unspecified atom stereocenters. The quantitative estimate of drug-likeness (QED) is 0.684. The second-order valence-corrected chi connectivity index (χ2v) is 7.54. The molecule has 2 aromatic carbocycles. The molecule has 0 amide bonds. The number of hydrogen-bond donors (Lipinski definition) is 0. The molecule has 0 bridgehead atoms. The molecule has 140 valence electrons. The van der Waals surface area contributed by atoms with Gasteiger partial charge < -0.3 is 14.1 Å². The van der Waals surface area contributed by atoms with Crippen LogP contribution in [0.5, 0.6) is 5.75 Å². The Morgan fingerprint density at radius 3 is 2.78 bits per heavy atom. The first-order chi connectivity index (χ1) is 13.1. The highest BCUT2D eigenvalue weighted by molar-refractivity contribution is 5.82. The normalized spacial score (nSPS) is 21.1. The van der Waals surface area contributed by atoms with E-state index in [0.29, 0.717) is 22.5 Å². The van der Waals surface area contributed by atoms with E-state index in [1.54, 1.807) is 6.26 Å². The Hall–Kier alpha value is -2.59. The average Bonchev–Trinajstić information content (AvgIpc) is 2.83. The molecule has 2 atom stereocenters. The lowest BCUT2D eigenvalue weighted by molar-refractivity contribution is 0.131. The Balaban J connectivity index is 1.67. The maximum Gasteiger partial charge on any atom is 0.200 e. The fraction of sp³-hybridized carbons (Fsp3) is 0.348. The van der Waals surface area contributed by atoms with Gasteiger partial charge in [-0.3, -0.25) is 4.79 Å². The molecule has 0 aliphatic carbocycles. The number of ether oxygens (including phenoxy) is 1. The van der Waals surface area contributed by atoms with Gasteiger partial charge in [-0.25, -0.2) is 0 Å². The van der Waals surface area contributed by atoms with Gasteiger partial charge in [-0.1, -0.05) is 37.3 Å². The lowest BCUT2D eigenvalue weighted by Crippen LogP contribution is -2.30. The van der Waals surface area contributed by atoms with Crippen LogP contribution in [0.4, 0.5) is 0 Å². The Kier molecular flexibility index (Phi) is 4.99. The Bertz CT molecular complexity index is 980. The van der Waals surface area contributed by atoms with Gasteiger partial charge in [0.1, 0.15) is 23.7 Å². The Morgan fingerprint density at radius 2 is 1.96 bits per heavy atom. The van der Waals surface area contributed by atoms with E-state index in [2.05, 4.69) is 18.9 Å². The fourth-order valence-electron chi connectivity index (χ4n) is 3.90. The van der Waals surface area contributed by atoms with E-state index in [9.17, 15) is 4.79 Å². The van der Waals surface area contributed by atoms with Crippen LogP contribution in [0.25, 0.3) is 22.1 Å². The predicted octanol–water partition coefficient (Wildman–Crippen LogP) is 4.57. The monoisotopic (exact) mass is 363 g/mol. The van der Waals surface area contributed by atoms with Crippen LogP contribution in [-0.4, -0.2) is 31.1 Å². The predicted molar refractivity (Wildman–Crippen MR) is 108 cm³/mol. The van der Waals surface area contributed by atoms with Crippen molar-refractivity contribution in [1.29, 1.82) is 0 Å². The Labute approximate surface area is 159 Å². The summed E-state index contributed by atoms with van der Waals surface area (Å²) in [5.74, 6) is 1.18. The van der Waals surface area contributed by atoms with E-state index in [1.165, 1.54) is 0 Å². The molecule has 4 rings (SSSR count). The molecule has 0 N–H and O–H groups in total. The van der Waals surface area contributed by atoms with Crippen LogP contribution in [0.1, 0.15) is 19.8 Å². The highest BCUT2D eigenvalue weighted by atomic mass is 16.5. The van der Waals surface area contributed by atoms with Gasteiger partial charge in [0.25, 0.3) is 0 Å². The molecule has 1 aromatic heterocycles. The molecule has 0 spiro atoms. The van der Waals surface area contributed by atoms with Gasteiger partial charge in [0.05, 0.1) is 10.9 Å². The molecular formula is C23H25NO3. The van der Waals surface area contributed by atoms with Gasteiger partial charge in [0, 0.05) is 12.5 Å². The molecule has 1 aliphatic rings. The molecule has 2 heterocycles. The van der Waals surface area contributed by atoms with Crippen molar-refractivity contribution in [3.63, 3.8) is 0 Å². The first-order valence-corrected chi connectivity index (χ1v) is 9.58. The van der Waals surface area contributed by atoms with Crippen molar-refractivity contribution in [2.75, 3.05) is 20.1 Å². The first-order valence-electron chi connectivity index (χ1n) is 9.58. The minimum absolute atomic E-state index is 0.0263. The zero-order valence-corrected chi connectivity index (χ0v) is 15.9. The standard InChI is InChI=1S/C23H25NO3/c1-16-14-24(2)12-6-9-21(16)27-18-10-11-22-19(13-18)23(25)20(15-26-22)17-7-4-3-5-8-17/h3-5,7-8,10-11,13,15-16,21H,6,9,12,14H2,1-2H3. The first kappa shape index (κ1) is 17.8. The third kappa shape index (κ3) is 3.76. The zero-order chi connectivity index (χ0) is 18.8. The lowest BCUT2D eigenvalue weighted by Gasteiger charge is -2.24. The van der Waals surface area contributed by atoms with E-state index in [0.717, 1.165) is 37.2 Å². The van der Waals surface area contributed by atoms with Crippen molar-refractivity contribution in [2.24, 2.45) is 5.92 Å². The molecular weight excluding hydrogens is 338 g/mol. The van der Waals surface area contributed by atoms with Crippen molar-refractivity contribution < 1.29 is 9.15 Å². The van der Waals surface area contributed by atoms with Gasteiger partial charge in [-0.2, -0.15) is 0 Å². The van der Waals surface area contributed by atoms with Crippen LogP contribution in [0, 0.1) is 5.92 Å². The molecule has 27 heavy (non-hydrogen) atoms. The minimum Gasteiger partial charge on any atom is -0.490 e. The van der Waals surface area contributed by atoms with Crippen molar-refractivity contribution in [3.05, 3.63) is 65.0 Å². The van der Waals surface area contributed by atoms with Crippen LogP contribution in [-0.2, 0) is 0 Å². The van der Waals surface area contributed by atoms with Crippen LogP contribution in [0.15, 0.2) is 64.0 Å². The third-order valence-corrected chi connectivity index (χ3v) is 5.38. The van der Waals surface area contributed by atoms with Crippen LogP contribution in [0.3, 0.4) is 0 Å². The van der Waals surface area contributed by atoms with Crippen LogP contribution in [0.2, 0.25) is 0 Å². The summed E-state index contributed by atoms with van der Waals surface area (Å²) in [6, 6.07) is 15.2. The minimum atomic E-state index is -0.0263. The molecule has 1 fully saturated rings. The van der Waals surface area contributed by atoms with E-state index in [1.807, 2.05) is 48.5 Å². The number of nitrogens with zero attached hydrogens (tertiary/aromatic N) is 1. The maximum atomic E-state index is 13.0. The zero-order valence-electron chi connectivity index (χ0n) is 15.9. The van der Waals surface area contributed by atoms with Crippen molar-refractivity contribution in [1.82, 2.24) is 4.90 Å². The van der Waals surface area contributed by atoms with Gasteiger partial charge in [0.2, 0.25) is 5.43 Å². The van der Waals surface area contributed by atoms with Gasteiger partial charge in [0.15, 0.2) is 0 Å². The summed E-state index contributed by atoms with van der Waals surface area (Å²) in [6.45, 7) is 4.36. The number of fused-ring (bicyclic) bond motifs is 1. The van der Waals surface area contributed by atoms with Crippen molar-refractivity contribution in [3.8, 4) is 16.9 Å². The van der Waals surface area contributed by atoms with Crippen molar-refractivity contribution in [2.45, 2.75) is 25.9 Å². The topological polar surface area (TPSA) is 42.7 Å². The van der Waals surface area contributed by atoms with Gasteiger partial charge in [-0.15, -0.1) is 0 Å². The highest BCUT2D eigenvalue weighted by Gasteiger charge is 2.24. The number of likely N-dealkylation sites (tertiary alicyclic amines) is 1. The number of hydrogen-bond acceptors (Lipinski definition) is 4. The summed E-state index contributed by atoms with van der Waals surface area (Å²) in [5, 5.41) is 0.562. The van der Waals surface area contributed by atoms with Crippen LogP contribution < -0.4 is 10.2 Å². The maximum absolute atomic E-state index is 13.0. The third-order valence-electron chi connectivity index (χ3n) is 5.38. The smallest absolute Gasteiger partial charge is 0.200 e. The summed E-state index contributed by atoms with van der Waals surface area (Å²) in [4.78, 5) is 15.4. The molecule has 3 aromatic rings. The summed E-state index contributed by atoms with van der Waals surface area (Å²) >= 11 is 0. The SMILES string of the molecule is CC1CN(C)CCCC1Oc1ccc2occ(-c3ccccc3)c(=O)c2c1. The van der Waals surface area contributed by atoms with Gasteiger partial charge in [-0.05, 0) is 50.2 Å². The molecule has 4 heteroatoms. The van der Waals surface area contributed by atoms with E-state index < -0.39 is 0 Å². The highest BCUT2D eigenvalue weighted by Crippen LogP contribution is 2.26. The molecule has 1 saturated heterocycles. The van der Waals surface area contributed by atoms with E-state index in [4.69, 9.17) is 9.15 Å². The number of rotatable bonds is 3. The second-order valence-electron chi connectivity index (χ2n) is 7.54. The van der Waals surface area contributed by atoms with Crippen molar-refractivity contribution >= 4 is 11.0 Å². The number of benzene rings is 2.